The minimum Gasteiger partial charge on any atom is -0.324 e. The first kappa shape index (κ1) is 18.5. The summed E-state index contributed by atoms with van der Waals surface area (Å²) in [5, 5.41) is 5.88. The Kier molecular flexibility index (Phi) is 5.16. The van der Waals surface area contributed by atoms with Gasteiger partial charge in [-0.05, 0) is 47.4 Å². The number of benzene rings is 2. The predicted molar refractivity (Wildman–Crippen MR) is 105 cm³/mol. The highest BCUT2D eigenvalue weighted by molar-refractivity contribution is 6.02. The minimum absolute atomic E-state index is 0.0544. The maximum Gasteiger partial charge on any atom is 0.274 e. The molecule has 3 rings (SSSR count). The number of carbonyl (C=O) groups is 1. The number of carbonyl (C=O) groups excluding carboxylic acids is 1. The summed E-state index contributed by atoms with van der Waals surface area (Å²) in [6.07, 6.45) is 1.52. The zero-order valence-corrected chi connectivity index (χ0v) is 15.5. The van der Waals surface area contributed by atoms with Crippen molar-refractivity contribution in [1.82, 2.24) is 9.97 Å². The molecule has 3 aromatic rings. The van der Waals surface area contributed by atoms with Crippen molar-refractivity contribution in [3.8, 4) is 0 Å². The van der Waals surface area contributed by atoms with Crippen molar-refractivity contribution in [2.24, 2.45) is 0 Å². The van der Waals surface area contributed by atoms with Crippen molar-refractivity contribution in [3.05, 3.63) is 77.9 Å². The molecule has 0 unspecified atom stereocenters. The van der Waals surface area contributed by atoms with Crippen LogP contribution in [-0.2, 0) is 5.41 Å². The van der Waals surface area contributed by atoms with Crippen molar-refractivity contribution in [3.63, 3.8) is 0 Å². The first-order valence-corrected chi connectivity index (χ1v) is 8.59. The SMILES string of the molecule is CC(C)(C)c1ccccc1Nc1nccc(C(=O)Nc2ccc(F)cc2)n1. The molecular formula is C21H21FN4O. The van der Waals surface area contributed by atoms with Crippen LogP contribution >= 0.6 is 0 Å². The van der Waals surface area contributed by atoms with Crippen LogP contribution in [-0.4, -0.2) is 15.9 Å². The van der Waals surface area contributed by atoms with Crippen LogP contribution in [0.1, 0.15) is 36.8 Å². The van der Waals surface area contributed by atoms with Gasteiger partial charge in [-0.15, -0.1) is 0 Å². The molecule has 0 radical (unpaired) electrons. The second kappa shape index (κ2) is 7.53. The lowest BCUT2D eigenvalue weighted by atomic mass is 9.86. The zero-order valence-electron chi connectivity index (χ0n) is 15.5. The second-order valence-corrected chi connectivity index (χ2v) is 7.15. The van der Waals surface area contributed by atoms with Crippen LogP contribution in [0.3, 0.4) is 0 Å². The molecule has 0 aliphatic heterocycles. The molecule has 0 aliphatic carbocycles. The molecule has 0 bridgehead atoms. The molecule has 27 heavy (non-hydrogen) atoms. The summed E-state index contributed by atoms with van der Waals surface area (Å²) < 4.78 is 13.0. The van der Waals surface area contributed by atoms with Gasteiger partial charge in [0.1, 0.15) is 11.5 Å². The summed E-state index contributed by atoms with van der Waals surface area (Å²) in [5.41, 5.74) is 2.66. The van der Waals surface area contributed by atoms with Crippen LogP contribution in [0, 0.1) is 5.82 Å². The van der Waals surface area contributed by atoms with E-state index in [1.165, 1.54) is 36.5 Å². The normalized spacial score (nSPS) is 11.1. The highest BCUT2D eigenvalue weighted by atomic mass is 19.1. The van der Waals surface area contributed by atoms with E-state index in [0.29, 0.717) is 11.6 Å². The number of hydrogen-bond donors (Lipinski definition) is 2. The molecule has 138 valence electrons. The summed E-state index contributed by atoms with van der Waals surface area (Å²) in [7, 11) is 0. The predicted octanol–water partition coefficient (Wildman–Crippen LogP) is 4.91. The largest absolute Gasteiger partial charge is 0.324 e. The van der Waals surface area contributed by atoms with E-state index in [1.54, 1.807) is 0 Å². The maximum absolute atomic E-state index is 13.0. The number of aromatic nitrogens is 2. The lowest BCUT2D eigenvalue weighted by Gasteiger charge is -2.23. The Hall–Kier alpha value is -3.28. The fraction of sp³-hybridized carbons (Fsp3) is 0.190. The summed E-state index contributed by atoms with van der Waals surface area (Å²) in [6, 6.07) is 15.0. The molecule has 2 aromatic carbocycles. The minimum atomic E-state index is -0.392. The fourth-order valence-electron chi connectivity index (χ4n) is 2.64. The standard InChI is InChI=1S/C21H21FN4O/c1-21(2,3)16-6-4-5-7-17(16)25-20-23-13-12-18(26-20)19(27)24-15-10-8-14(22)9-11-15/h4-13H,1-3H3,(H,24,27)(H,23,25,26). The summed E-state index contributed by atoms with van der Waals surface area (Å²) >= 11 is 0. The number of para-hydroxylation sites is 1. The third kappa shape index (κ3) is 4.67. The topological polar surface area (TPSA) is 66.9 Å². The monoisotopic (exact) mass is 364 g/mol. The van der Waals surface area contributed by atoms with Crippen LogP contribution in [0.5, 0.6) is 0 Å². The molecule has 1 amide bonds. The Labute approximate surface area is 157 Å². The number of nitrogens with one attached hydrogen (secondary N) is 2. The third-order valence-corrected chi connectivity index (χ3v) is 3.97. The van der Waals surface area contributed by atoms with Crippen molar-refractivity contribution in [2.45, 2.75) is 26.2 Å². The second-order valence-electron chi connectivity index (χ2n) is 7.15. The van der Waals surface area contributed by atoms with Gasteiger partial charge in [0.05, 0.1) is 0 Å². The lowest BCUT2D eigenvalue weighted by molar-refractivity contribution is 0.102. The molecule has 0 aliphatic rings. The smallest absolute Gasteiger partial charge is 0.274 e. The third-order valence-electron chi connectivity index (χ3n) is 3.97. The molecule has 5 nitrogen and oxygen atoms in total. The van der Waals surface area contributed by atoms with E-state index < -0.39 is 5.91 Å². The van der Waals surface area contributed by atoms with Gasteiger partial charge in [0.2, 0.25) is 5.95 Å². The van der Waals surface area contributed by atoms with E-state index >= 15 is 0 Å². The van der Waals surface area contributed by atoms with E-state index in [2.05, 4.69) is 41.4 Å². The average molecular weight is 364 g/mol. The first-order valence-electron chi connectivity index (χ1n) is 8.59. The highest BCUT2D eigenvalue weighted by Crippen LogP contribution is 2.30. The molecule has 2 N–H and O–H groups in total. The first-order chi connectivity index (χ1) is 12.8. The van der Waals surface area contributed by atoms with Gasteiger partial charge >= 0.3 is 0 Å². The van der Waals surface area contributed by atoms with E-state index in [4.69, 9.17) is 0 Å². The Morgan fingerprint density at radius 3 is 2.41 bits per heavy atom. The molecule has 1 heterocycles. The summed E-state index contributed by atoms with van der Waals surface area (Å²) in [6.45, 7) is 6.38. The Morgan fingerprint density at radius 2 is 1.70 bits per heavy atom. The van der Waals surface area contributed by atoms with Gasteiger partial charge in [-0.25, -0.2) is 14.4 Å². The molecule has 0 fully saturated rings. The Balaban J connectivity index is 1.80. The van der Waals surface area contributed by atoms with Gasteiger partial charge in [0.15, 0.2) is 0 Å². The molecular weight excluding hydrogens is 343 g/mol. The number of anilines is 3. The van der Waals surface area contributed by atoms with E-state index in [9.17, 15) is 9.18 Å². The highest BCUT2D eigenvalue weighted by Gasteiger charge is 2.18. The number of hydrogen-bond acceptors (Lipinski definition) is 4. The van der Waals surface area contributed by atoms with Crippen molar-refractivity contribution >= 4 is 23.2 Å². The average Bonchev–Trinajstić information content (AvgIpc) is 2.63. The number of nitrogens with zero attached hydrogens (tertiary/aromatic N) is 2. The van der Waals surface area contributed by atoms with Crippen LogP contribution in [0.25, 0.3) is 0 Å². The molecule has 0 spiro atoms. The van der Waals surface area contributed by atoms with Crippen molar-refractivity contribution in [1.29, 1.82) is 0 Å². The van der Waals surface area contributed by atoms with Crippen molar-refractivity contribution in [2.75, 3.05) is 10.6 Å². The molecule has 6 heteroatoms. The maximum atomic E-state index is 13.0. The quantitative estimate of drug-likeness (QED) is 0.690. The van der Waals surface area contributed by atoms with E-state index in [0.717, 1.165) is 11.3 Å². The summed E-state index contributed by atoms with van der Waals surface area (Å²) in [4.78, 5) is 20.9. The molecule has 0 atom stereocenters. The Bertz CT molecular complexity index is 949. The van der Waals surface area contributed by atoms with Gasteiger partial charge < -0.3 is 10.6 Å². The summed E-state index contributed by atoms with van der Waals surface area (Å²) in [5.74, 6) is -0.423. The molecule has 0 saturated heterocycles. The molecule has 1 aromatic heterocycles. The Morgan fingerprint density at radius 1 is 1.00 bits per heavy atom. The molecule has 0 saturated carbocycles. The van der Waals surface area contributed by atoms with Crippen LogP contribution in [0.15, 0.2) is 60.8 Å². The van der Waals surface area contributed by atoms with Gasteiger partial charge in [0, 0.05) is 17.6 Å². The fourth-order valence-corrected chi connectivity index (χ4v) is 2.64. The van der Waals surface area contributed by atoms with Gasteiger partial charge in [0.25, 0.3) is 5.91 Å². The van der Waals surface area contributed by atoms with Crippen molar-refractivity contribution < 1.29 is 9.18 Å². The number of halogens is 1. The van der Waals surface area contributed by atoms with E-state index in [1.807, 2.05) is 24.3 Å². The van der Waals surface area contributed by atoms with Crippen LogP contribution in [0.2, 0.25) is 0 Å². The number of rotatable bonds is 4. The van der Waals surface area contributed by atoms with Gasteiger partial charge in [-0.3, -0.25) is 4.79 Å². The van der Waals surface area contributed by atoms with E-state index in [-0.39, 0.29) is 16.9 Å². The number of amides is 1. The van der Waals surface area contributed by atoms with Gasteiger partial charge in [-0.2, -0.15) is 0 Å². The van der Waals surface area contributed by atoms with Crippen LogP contribution < -0.4 is 10.6 Å². The lowest BCUT2D eigenvalue weighted by Crippen LogP contribution is -2.16. The van der Waals surface area contributed by atoms with Crippen LogP contribution in [0.4, 0.5) is 21.7 Å². The zero-order chi connectivity index (χ0) is 19.4. The van der Waals surface area contributed by atoms with Gasteiger partial charge in [-0.1, -0.05) is 39.0 Å².